The molecule has 0 aliphatic carbocycles. The number of carbonyl (C=O) groups is 3. The summed E-state index contributed by atoms with van der Waals surface area (Å²) in [6.45, 7) is 3.28. The van der Waals surface area contributed by atoms with E-state index in [2.05, 4.69) is 5.32 Å². The lowest BCUT2D eigenvalue weighted by Gasteiger charge is -2.33. The van der Waals surface area contributed by atoms with Crippen LogP contribution in [0.4, 0.5) is 0 Å². The molecule has 1 aliphatic heterocycles. The second-order valence-electron chi connectivity index (χ2n) is 5.29. The molecule has 9 heteroatoms. The van der Waals surface area contributed by atoms with Crippen LogP contribution in [0.5, 0.6) is 17.2 Å². The van der Waals surface area contributed by atoms with Crippen LogP contribution < -0.4 is 5.32 Å². The molecule has 1 aromatic carbocycles. The van der Waals surface area contributed by atoms with Gasteiger partial charge in [0.25, 0.3) is 0 Å². The molecule has 0 saturated carbocycles. The Kier molecular flexibility index (Phi) is 5.16. The second kappa shape index (κ2) is 7.12. The number of benzene rings is 1. The van der Waals surface area contributed by atoms with Crippen LogP contribution in [-0.2, 0) is 19.1 Å². The average molecular weight is 351 g/mol. The number of nitrogens with one attached hydrogen (secondary N) is 1. The van der Waals surface area contributed by atoms with Gasteiger partial charge < -0.3 is 30.1 Å². The second-order valence-corrected chi connectivity index (χ2v) is 5.29. The molecule has 0 radical (unpaired) electrons. The van der Waals surface area contributed by atoms with E-state index in [1.807, 2.05) is 0 Å². The fourth-order valence-electron chi connectivity index (χ4n) is 2.29. The highest BCUT2D eigenvalue weighted by atomic mass is 16.5. The van der Waals surface area contributed by atoms with E-state index in [0.717, 1.165) is 18.2 Å². The quantitative estimate of drug-likeness (QED) is 0.261. The monoisotopic (exact) mass is 351 g/mol. The summed E-state index contributed by atoms with van der Waals surface area (Å²) in [6, 6.07) is 1.83. The Balaban J connectivity index is 2.10. The van der Waals surface area contributed by atoms with Gasteiger partial charge in [-0.05, 0) is 26.0 Å². The first-order chi connectivity index (χ1) is 11.7. The first-order valence-electron chi connectivity index (χ1n) is 7.39. The summed E-state index contributed by atoms with van der Waals surface area (Å²) in [5, 5.41) is 30.5. The van der Waals surface area contributed by atoms with Gasteiger partial charge in [0.05, 0.1) is 12.2 Å². The zero-order valence-corrected chi connectivity index (χ0v) is 13.5. The molecule has 1 heterocycles. The molecule has 2 atom stereocenters. The molecule has 1 amide bonds. The molecular weight excluding hydrogens is 334 g/mol. The fourth-order valence-corrected chi connectivity index (χ4v) is 2.29. The molecule has 134 valence electrons. The standard InChI is InChI=1S/C16H17NO8/c1-3-24-12(20)6-9-13(15(22)17-9)7(2)25-16(23)8-4-10(18)14(21)11(19)5-8/h4-7,13,18-19,21H,3H2,1-2H3,(H,17,22)/b9-6-/t7-,13-/m1/s1. The molecule has 0 bridgehead atoms. The molecule has 25 heavy (non-hydrogen) atoms. The van der Waals surface area contributed by atoms with Crippen molar-refractivity contribution in [2.75, 3.05) is 6.61 Å². The van der Waals surface area contributed by atoms with Gasteiger partial charge in [0.2, 0.25) is 5.91 Å². The van der Waals surface area contributed by atoms with Crippen molar-refractivity contribution in [2.24, 2.45) is 5.92 Å². The van der Waals surface area contributed by atoms with E-state index in [4.69, 9.17) is 9.47 Å². The summed E-state index contributed by atoms with van der Waals surface area (Å²) < 4.78 is 9.88. The van der Waals surface area contributed by atoms with E-state index >= 15 is 0 Å². The van der Waals surface area contributed by atoms with E-state index in [0.29, 0.717) is 0 Å². The van der Waals surface area contributed by atoms with Gasteiger partial charge in [-0.1, -0.05) is 0 Å². The number of phenolic OH excluding ortho intramolecular Hbond substituents is 3. The third-order valence-corrected chi connectivity index (χ3v) is 3.51. The maximum Gasteiger partial charge on any atom is 0.338 e. The largest absolute Gasteiger partial charge is 0.504 e. The third kappa shape index (κ3) is 3.82. The Morgan fingerprint density at radius 3 is 2.40 bits per heavy atom. The average Bonchev–Trinajstić information content (AvgIpc) is 2.51. The zero-order valence-electron chi connectivity index (χ0n) is 13.5. The molecule has 0 aromatic heterocycles. The van der Waals surface area contributed by atoms with Crippen molar-refractivity contribution in [3.63, 3.8) is 0 Å². The third-order valence-electron chi connectivity index (χ3n) is 3.51. The van der Waals surface area contributed by atoms with Crippen LogP contribution in [0.2, 0.25) is 0 Å². The number of hydrogen-bond donors (Lipinski definition) is 4. The van der Waals surface area contributed by atoms with E-state index in [-0.39, 0.29) is 17.9 Å². The van der Waals surface area contributed by atoms with Gasteiger partial charge in [-0.25, -0.2) is 9.59 Å². The Morgan fingerprint density at radius 2 is 1.88 bits per heavy atom. The Hall–Kier alpha value is -3.23. The van der Waals surface area contributed by atoms with Crippen molar-refractivity contribution in [1.29, 1.82) is 0 Å². The molecule has 1 aliphatic rings. The molecule has 2 rings (SSSR count). The number of β-lactam (4-membered cyclic amide) rings is 1. The highest BCUT2D eigenvalue weighted by molar-refractivity contribution is 5.96. The lowest BCUT2D eigenvalue weighted by atomic mass is 9.90. The number of aromatic hydroxyl groups is 3. The van der Waals surface area contributed by atoms with E-state index < -0.39 is 47.1 Å². The maximum absolute atomic E-state index is 12.1. The summed E-state index contributed by atoms with van der Waals surface area (Å²) in [4.78, 5) is 35.2. The van der Waals surface area contributed by atoms with Crippen LogP contribution in [0.1, 0.15) is 24.2 Å². The first-order valence-corrected chi connectivity index (χ1v) is 7.39. The minimum atomic E-state index is -0.923. The molecule has 1 saturated heterocycles. The number of esters is 2. The van der Waals surface area contributed by atoms with Crippen LogP contribution in [0.25, 0.3) is 0 Å². The molecule has 0 spiro atoms. The molecule has 0 unspecified atom stereocenters. The smallest absolute Gasteiger partial charge is 0.338 e. The van der Waals surface area contributed by atoms with Crippen molar-refractivity contribution in [3.8, 4) is 17.2 Å². The number of rotatable bonds is 5. The number of carbonyl (C=O) groups excluding carboxylic acids is 3. The van der Waals surface area contributed by atoms with Crippen molar-refractivity contribution in [2.45, 2.75) is 20.0 Å². The van der Waals surface area contributed by atoms with Gasteiger partial charge in [0.1, 0.15) is 12.0 Å². The highest BCUT2D eigenvalue weighted by Crippen LogP contribution is 2.36. The maximum atomic E-state index is 12.1. The van der Waals surface area contributed by atoms with Crippen molar-refractivity contribution < 1.29 is 39.2 Å². The van der Waals surface area contributed by atoms with Gasteiger partial charge >= 0.3 is 11.9 Å². The summed E-state index contributed by atoms with van der Waals surface area (Å²) in [5.41, 5.74) is 0.0513. The van der Waals surface area contributed by atoms with Crippen LogP contribution in [0.3, 0.4) is 0 Å². The molecule has 9 nitrogen and oxygen atoms in total. The minimum Gasteiger partial charge on any atom is -0.504 e. The SMILES string of the molecule is CCOC(=O)/C=C1\NC(=O)[C@@H]1[C@@H](C)OC(=O)c1cc(O)c(O)c(O)c1. The molecular formula is C16H17NO8. The van der Waals surface area contributed by atoms with Gasteiger partial charge in [-0.3, -0.25) is 4.79 Å². The van der Waals surface area contributed by atoms with Gasteiger partial charge in [0.15, 0.2) is 17.2 Å². The Morgan fingerprint density at radius 1 is 1.28 bits per heavy atom. The predicted molar refractivity (Wildman–Crippen MR) is 82.7 cm³/mol. The van der Waals surface area contributed by atoms with Gasteiger partial charge in [0, 0.05) is 11.8 Å². The normalized spacial score (nSPS) is 18.9. The number of phenols is 3. The van der Waals surface area contributed by atoms with Crippen molar-refractivity contribution in [1.82, 2.24) is 5.32 Å². The molecule has 4 N–H and O–H groups in total. The number of amides is 1. The topological polar surface area (TPSA) is 142 Å². The van der Waals surface area contributed by atoms with Crippen LogP contribution in [0.15, 0.2) is 23.9 Å². The Labute approximate surface area is 142 Å². The van der Waals surface area contributed by atoms with Crippen LogP contribution in [-0.4, -0.2) is 45.9 Å². The molecule has 1 fully saturated rings. The van der Waals surface area contributed by atoms with Gasteiger partial charge in [-0.2, -0.15) is 0 Å². The fraction of sp³-hybridized carbons (Fsp3) is 0.312. The van der Waals surface area contributed by atoms with Crippen molar-refractivity contribution in [3.05, 3.63) is 29.5 Å². The first kappa shape index (κ1) is 18.1. The van der Waals surface area contributed by atoms with Crippen LogP contribution in [0, 0.1) is 5.92 Å². The van der Waals surface area contributed by atoms with Crippen molar-refractivity contribution >= 4 is 17.8 Å². The summed E-state index contributed by atoms with van der Waals surface area (Å²) in [7, 11) is 0. The van der Waals surface area contributed by atoms with E-state index in [9.17, 15) is 29.7 Å². The van der Waals surface area contributed by atoms with Crippen LogP contribution >= 0.6 is 0 Å². The molecule has 1 aromatic rings. The lowest BCUT2D eigenvalue weighted by molar-refractivity contribution is -0.137. The van der Waals surface area contributed by atoms with E-state index in [1.165, 1.54) is 6.92 Å². The number of hydrogen-bond acceptors (Lipinski definition) is 8. The summed E-state index contributed by atoms with van der Waals surface area (Å²) in [5.74, 6) is -4.97. The lowest BCUT2D eigenvalue weighted by Crippen LogP contribution is -2.52. The highest BCUT2D eigenvalue weighted by Gasteiger charge is 2.41. The Bertz CT molecular complexity index is 731. The summed E-state index contributed by atoms with van der Waals surface area (Å²) in [6.07, 6.45) is 0.193. The zero-order chi connectivity index (χ0) is 18.7. The summed E-state index contributed by atoms with van der Waals surface area (Å²) >= 11 is 0. The predicted octanol–water partition coefficient (Wildman–Crippen LogP) is 0.542. The van der Waals surface area contributed by atoms with Gasteiger partial charge in [-0.15, -0.1) is 0 Å². The van der Waals surface area contributed by atoms with E-state index in [1.54, 1.807) is 6.92 Å². The minimum absolute atomic E-state index is 0.180. The number of ether oxygens (including phenoxy) is 2.